The third-order valence-electron chi connectivity index (χ3n) is 4.78. The fourth-order valence-electron chi connectivity index (χ4n) is 3.19. The maximum absolute atomic E-state index is 13.5. The zero-order valence-electron chi connectivity index (χ0n) is 19.1. The smallest absolute Gasteiger partial charge is 0.274 e. The molecule has 3 heterocycles. The summed E-state index contributed by atoms with van der Waals surface area (Å²) in [6.07, 6.45) is 1.38. The van der Waals surface area contributed by atoms with E-state index in [1.165, 1.54) is 23.0 Å². The molecule has 1 fully saturated rings. The van der Waals surface area contributed by atoms with Crippen molar-refractivity contribution in [3.05, 3.63) is 62.3 Å². The molecule has 0 atom stereocenters. The topological polar surface area (TPSA) is 107 Å². The average Bonchev–Trinajstić information content (AvgIpc) is 3.15. The number of halogens is 3. The number of aromatic nitrogens is 3. The van der Waals surface area contributed by atoms with Crippen LogP contribution in [0.2, 0.25) is 10.0 Å². The fourth-order valence-corrected chi connectivity index (χ4v) is 4.30. The van der Waals surface area contributed by atoms with Crippen molar-refractivity contribution >= 4 is 56.6 Å². The molecule has 184 valence electrons. The molecule has 9 nitrogen and oxygen atoms in total. The monoisotopic (exact) mass is 581 g/mol. The molecule has 0 saturated carbocycles. The Balaban J connectivity index is 1.72. The summed E-state index contributed by atoms with van der Waals surface area (Å²) in [5, 5.41) is 10.7. The molecule has 1 aliphatic rings. The van der Waals surface area contributed by atoms with E-state index in [9.17, 15) is 9.59 Å². The lowest BCUT2D eigenvalue weighted by molar-refractivity contribution is -0.0814. The number of nitrogens with zero attached hydrogens (tertiary/aromatic N) is 3. The first kappa shape index (κ1) is 25.4. The number of hydrogen-bond acceptors (Lipinski definition) is 6. The number of carbonyl (C=O) groups is 2. The van der Waals surface area contributed by atoms with Crippen LogP contribution in [0.4, 0.5) is 5.69 Å². The van der Waals surface area contributed by atoms with Crippen LogP contribution in [0, 0.1) is 0 Å². The maximum Gasteiger partial charge on any atom is 0.274 e. The van der Waals surface area contributed by atoms with E-state index in [4.69, 9.17) is 32.7 Å². The second-order valence-corrected chi connectivity index (χ2v) is 10.5. The van der Waals surface area contributed by atoms with E-state index in [-0.39, 0.29) is 34.7 Å². The van der Waals surface area contributed by atoms with Crippen molar-refractivity contribution in [2.75, 3.05) is 18.5 Å². The summed E-state index contributed by atoms with van der Waals surface area (Å²) in [5.74, 6) is -0.496. The van der Waals surface area contributed by atoms with Crippen LogP contribution in [0.1, 0.15) is 41.6 Å². The molecule has 0 aliphatic carbocycles. The third-order valence-corrected chi connectivity index (χ3v) is 5.92. The molecule has 12 heteroatoms. The first-order valence-corrected chi connectivity index (χ1v) is 12.1. The van der Waals surface area contributed by atoms with Crippen LogP contribution >= 0.6 is 39.1 Å². The normalized spacial score (nSPS) is 13.8. The van der Waals surface area contributed by atoms with Gasteiger partial charge in [-0.1, -0.05) is 23.2 Å². The van der Waals surface area contributed by atoms with Crippen LogP contribution in [0.5, 0.6) is 5.88 Å². The Morgan fingerprint density at radius 1 is 1.20 bits per heavy atom. The van der Waals surface area contributed by atoms with E-state index in [0.717, 1.165) is 0 Å². The molecule has 0 spiro atoms. The lowest BCUT2D eigenvalue weighted by Crippen LogP contribution is -2.41. The van der Waals surface area contributed by atoms with E-state index in [0.29, 0.717) is 27.7 Å². The Hall–Kier alpha value is -2.66. The molecular weight excluding hydrogens is 561 g/mol. The van der Waals surface area contributed by atoms with Gasteiger partial charge in [0.05, 0.1) is 29.5 Å². The highest BCUT2D eigenvalue weighted by atomic mass is 79.9. The number of hydrogen-bond donors (Lipinski definition) is 2. The SMILES string of the molecule is CC(C)(C)NC(=O)c1cc(Cl)cc(Br)c1NC(=O)c1cc(OC2COC2)nn1-c1ncccc1Cl. The van der Waals surface area contributed by atoms with Gasteiger partial charge in [-0.15, -0.1) is 5.10 Å². The van der Waals surface area contributed by atoms with Gasteiger partial charge in [0.1, 0.15) is 11.8 Å². The Kier molecular flexibility index (Phi) is 7.37. The maximum atomic E-state index is 13.5. The number of benzene rings is 1. The van der Waals surface area contributed by atoms with Crippen LogP contribution in [-0.2, 0) is 4.74 Å². The van der Waals surface area contributed by atoms with Gasteiger partial charge in [-0.05, 0) is 61.0 Å². The van der Waals surface area contributed by atoms with Crippen molar-refractivity contribution in [2.24, 2.45) is 0 Å². The highest BCUT2D eigenvalue weighted by Gasteiger charge is 2.27. The molecule has 35 heavy (non-hydrogen) atoms. The number of pyridine rings is 1. The van der Waals surface area contributed by atoms with E-state index >= 15 is 0 Å². The number of anilines is 1. The van der Waals surface area contributed by atoms with Crippen molar-refractivity contribution in [2.45, 2.75) is 32.4 Å². The molecule has 0 bridgehead atoms. The molecule has 2 aromatic heterocycles. The largest absolute Gasteiger partial charge is 0.468 e. The predicted octanol–water partition coefficient (Wildman–Crippen LogP) is 4.89. The quantitative estimate of drug-likeness (QED) is 0.428. The number of amides is 2. The minimum Gasteiger partial charge on any atom is -0.468 e. The Morgan fingerprint density at radius 2 is 1.94 bits per heavy atom. The van der Waals surface area contributed by atoms with Gasteiger partial charge in [0, 0.05) is 27.3 Å². The molecule has 2 N–H and O–H groups in total. The Morgan fingerprint density at radius 3 is 2.57 bits per heavy atom. The van der Waals surface area contributed by atoms with Crippen LogP contribution in [0.3, 0.4) is 0 Å². The average molecular weight is 583 g/mol. The first-order valence-electron chi connectivity index (χ1n) is 10.6. The molecule has 0 radical (unpaired) electrons. The fraction of sp³-hybridized carbons (Fsp3) is 0.304. The third kappa shape index (κ3) is 5.95. The Bertz CT molecular complexity index is 1290. The summed E-state index contributed by atoms with van der Waals surface area (Å²) in [5.41, 5.74) is 0.0392. The molecule has 1 aliphatic heterocycles. The molecule has 3 aromatic rings. The van der Waals surface area contributed by atoms with Gasteiger partial charge in [0.15, 0.2) is 5.82 Å². The molecule has 1 aromatic carbocycles. The molecular formula is C23H22BrCl2N5O4. The molecule has 0 unspecified atom stereocenters. The van der Waals surface area contributed by atoms with Crippen LogP contribution in [0.15, 0.2) is 41.0 Å². The number of rotatable bonds is 6. The highest BCUT2D eigenvalue weighted by Crippen LogP contribution is 2.32. The summed E-state index contributed by atoms with van der Waals surface area (Å²) in [6.45, 7) is 6.43. The summed E-state index contributed by atoms with van der Waals surface area (Å²) in [4.78, 5) is 30.7. The van der Waals surface area contributed by atoms with Crippen molar-refractivity contribution in [3.63, 3.8) is 0 Å². The first-order chi connectivity index (χ1) is 16.5. The highest BCUT2D eigenvalue weighted by molar-refractivity contribution is 9.10. The summed E-state index contributed by atoms with van der Waals surface area (Å²) < 4.78 is 12.7. The zero-order valence-corrected chi connectivity index (χ0v) is 22.2. The standard InChI is InChI=1S/C23H22BrCl2N5O4/c1-23(2,3)29-21(32)14-7-12(25)8-15(24)19(14)28-22(33)17-9-18(35-13-10-34-11-13)30-31(17)20-16(26)5-4-6-27-20/h4-9,13H,10-11H2,1-3H3,(H,28,33)(H,29,32). The van der Waals surface area contributed by atoms with Gasteiger partial charge in [0.2, 0.25) is 5.88 Å². The van der Waals surface area contributed by atoms with E-state index in [1.807, 2.05) is 20.8 Å². The second kappa shape index (κ2) is 10.1. The van der Waals surface area contributed by atoms with E-state index < -0.39 is 17.4 Å². The summed E-state index contributed by atoms with van der Waals surface area (Å²) in [6, 6.07) is 7.86. The Labute approximate surface area is 220 Å². The number of carbonyl (C=O) groups excluding carboxylic acids is 2. The van der Waals surface area contributed by atoms with Gasteiger partial charge in [-0.3, -0.25) is 9.59 Å². The minimum atomic E-state index is -0.563. The van der Waals surface area contributed by atoms with Crippen molar-refractivity contribution < 1.29 is 19.1 Å². The van der Waals surface area contributed by atoms with Gasteiger partial charge in [-0.25, -0.2) is 9.67 Å². The lowest BCUT2D eigenvalue weighted by atomic mass is 10.1. The van der Waals surface area contributed by atoms with E-state index in [1.54, 1.807) is 18.2 Å². The van der Waals surface area contributed by atoms with Crippen LogP contribution < -0.4 is 15.4 Å². The minimum absolute atomic E-state index is 0.102. The number of ether oxygens (including phenoxy) is 2. The molecule has 4 rings (SSSR count). The van der Waals surface area contributed by atoms with Crippen molar-refractivity contribution in [1.29, 1.82) is 0 Å². The summed E-state index contributed by atoms with van der Waals surface area (Å²) in [7, 11) is 0. The lowest BCUT2D eigenvalue weighted by Gasteiger charge is -2.25. The van der Waals surface area contributed by atoms with Crippen LogP contribution in [0.25, 0.3) is 5.82 Å². The molecule has 1 saturated heterocycles. The second-order valence-electron chi connectivity index (χ2n) is 8.83. The van der Waals surface area contributed by atoms with Crippen LogP contribution in [-0.4, -0.2) is 51.4 Å². The molecule has 2 amide bonds. The predicted molar refractivity (Wildman–Crippen MR) is 136 cm³/mol. The van der Waals surface area contributed by atoms with Crippen molar-refractivity contribution in [3.8, 4) is 11.7 Å². The summed E-state index contributed by atoms with van der Waals surface area (Å²) >= 11 is 15.9. The van der Waals surface area contributed by atoms with Gasteiger partial charge in [-0.2, -0.15) is 0 Å². The van der Waals surface area contributed by atoms with Gasteiger partial charge >= 0.3 is 0 Å². The van der Waals surface area contributed by atoms with Gasteiger partial charge in [0.25, 0.3) is 11.8 Å². The van der Waals surface area contributed by atoms with E-state index in [2.05, 4.69) is 36.6 Å². The zero-order chi connectivity index (χ0) is 25.3. The van der Waals surface area contributed by atoms with Crippen molar-refractivity contribution in [1.82, 2.24) is 20.1 Å². The number of nitrogens with one attached hydrogen (secondary N) is 2. The van der Waals surface area contributed by atoms with Gasteiger partial charge < -0.3 is 20.1 Å².